The van der Waals surface area contributed by atoms with Crippen LogP contribution in [0.3, 0.4) is 0 Å². The zero-order valence-electron chi connectivity index (χ0n) is 13.1. The fraction of sp³-hybridized carbons (Fsp3) is 0.824. The number of carbonyl (C=O) groups excluding carboxylic acids is 1. The topological polar surface area (TPSA) is 26.3 Å². The number of carbonyl (C=O) groups is 1. The Balaban J connectivity index is 3.23. The van der Waals surface area contributed by atoms with Crippen molar-refractivity contribution in [3.8, 4) is 0 Å². The van der Waals surface area contributed by atoms with Crippen LogP contribution in [-0.2, 0) is 9.53 Å². The molecule has 0 saturated heterocycles. The fourth-order valence-corrected chi connectivity index (χ4v) is 2.14. The Morgan fingerprint density at radius 2 is 1.58 bits per heavy atom. The highest BCUT2D eigenvalue weighted by molar-refractivity contribution is 5.66. The summed E-state index contributed by atoms with van der Waals surface area (Å²) in [5, 5.41) is 0. The van der Waals surface area contributed by atoms with E-state index in [1.807, 2.05) is 6.92 Å². The third kappa shape index (κ3) is 15.2. The second-order valence-electron chi connectivity index (χ2n) is 5.38. The van der Waals surface area contributed by atoms with E-state index in [-0.39, 0.29) is 12.1 Å². The number of ether oxygens (including phenoxy) is 1. The standard InChI is InChI=1S/C17H32O2/c1-4-5-6-7-8-9-10-11-12-13-14-15-16(2)19-17(3)18/h11-12,16H,4-10,13-15H2,1-3H3/b12-11-/t16-/m1/s1. The maximum Gasteiger partial charge on any atom is 0.302 e. The zero-order chi connectivity index (χ0) is 14.3. The van der Waals surface area contributed by atoms with Gasteiger partial charge in [-0.3, -0.25) is 4.79 Å². The van der Waals surface area contributed by atoms with Gasteiger partial charge in [-0.25, -0.2) is 0 Å². The largest absolute Gasteiger partial charge is 0.463 e. The van der Waals surface area contributed by atoms with E-state index in [9.17, 15) is 4.79 Å². The summed E-state index contributed by atoms with van der Waals surface area (Å²) in [6.45, 7) is 5.68. The summed E-state index contributed by atoms with van der Waals surface area (Å²) >= 11 is 0. The van der Waals surface area contributed by atoms with Crippen LogP contribution in [0.4, 0.5) is 0 Å². The molecule has 1 atom stereocenters. The van der Waals surface area contributed by atoms with Crippen molar-refractivity contribution in [2.24, 2.45) is 0 Å². The Hall–Kier alpha value is -0.790. The molecule has 2 heteroatoms. The summed E-state index contributed by atoms with van der Waals surface area (Å²) in [5.41, 5.74) is 0. The van der Waals surface area contributed by atoms with Crippen molar-refractivity contribution < 1.29 is 9.53 Å². The summed E-state index contributed by atoms with van der Waals surface area (Å²) in [6.07, 6.45) is 17.2. The van der Waals surface area contributed by atoms with Crippen LogP contribution in [0, 0.1) is 0 Å². The smallest absolute Gasteiger partial charge is 0.302 e. The lowest BCUT2D eigenvalue weighted by Crippen LogP contribution is -2.11. The van der Waals surface area contributed by atoms with E-state index in [0.717, 1.165) is 19.3 Å². The molecule has 0 saturated carbocycles. The van der Waals surface area contributed by atoms with Gasteiger partial charge < -0.3 is 4.74 Å². The van der Waals surface area contributed by atoms with Crippen molar-refractivity contribution in [2.45, 2.75) is 91.1 Å². The molecular formula is C17H32O2. The highest BCUT2D eigenvalue weighted by atomic mass is 16.5. The van der Waals surface area contributed by atoms with Crippen molar-refractivity contribution in [3.63, 3.8) is 0 Å². The van der Waals surface area contributed by atoms with E-state index >= 15 is 0 Å². The van der Waals surface area contributed by atoms with Gasteiger partial charge in [0.25, 0.3) is 0 Å². The Morgan fingerprint density at radius 3 is 2.21 bits per heavy atom. The molecule has 19 heavy (non-hydrogen) atoms. The number of esters is 1. The van der Waals surface area contributed by atoms with E-state index in [1.165, 1.54) is 51.9 Å². The van der Waals surface area contributed by atoms with Crippen LogP contribution in [0.2, 0.25) is 0 Å². The molecule has 0 radical (unpaired) electrons. The van der Waals surface area contributed by atoms with Gasteiger partial charge in [-0.1, -0.05) is 51.2 Å². The molecule has 0 aromatic rings. The van der Waals surface area contributed by atoms with Gasteiger partial charge in [-0.2, -0.15) is 0 Å². The zero-order valence-corrected chi connectivity index (χ0v) is 13.1. The molecule has 0 unspecified atom stereocenters. The Kier molecular flexibility index (Phi) is 13.1. The quantitative estimate of drug-likeness (QED) is 0.268. The molecule has 0 aliphatic heterocycles. The first-order valence-corrected chi connectivity index (χ1v) is 7.99. The molecule has 0 N–H and O–H groups in total. The van der Waals surface area contributed by atoms with Crippen LogP contribution in [0.1, 0.15) is 85.0 Å². The summed E-state index contributed by atoms with van der Waals surface area (Å²) in [6, 6.07) is 0. The number of hydrogen-bond acceptors (Lipinski definition) is 2. The van der Waals surface area contributed by atoms with Gasteiger partial charge in [0.1, 0.15) is 0 Å². The van der Waals surface area contributed by atoms with E-state index in [4.69, 9.17) is 4.74 Å². The fourth-order valence-electron chi connectivity index (χ4n) is 2.14. The number of hydrogen-bond donors (Lipinski definition) is 0. The van der Waals surface area contributed by atoms with Crippen LogP contribution in [0.25, 0.3) is 0 Å². The normalized spacial score (nSPS) is 12.8. The first-order chi connectivity index (χ1) is 9.16. The number of unbranched alkanes of at least 4 members (excludes halogenated alkanes) is 7. The van der Waals surface area contributed by atoms with E-state index in [1.54, 1.807) is 0 Å². The second kappa shape index (κ2) is 13.6. The van der Waals surface area contributed by atoms with Crippen molar-refractivity contribution in [2.75, 3.05) is 0 Å². The van der Waals surface area contributed by atoms with Gasteiger partial charge in [0.2, 0.25) is 0 Å². The molecular weight excluding hydrogens is 236 g/mol. The van der Waals surface area contributed by atoms with Crippen molar-refractivity contribution >= 4 is 5.97 Å². The van der Waals surface area contributed by atoms with Gasteiger partial charge in [0, 0.05) is 6.92 Å². The highest BCUT2D eigenvalue weighted by Crippen LogP contribution is 2.09. The minimum Gasteiger partial charge on any atom is -0.463 e. The minimum atomic E-state index is -0.175. The number of allylic oxidation sites excluding steroid dienone is 2. The van der Waals surface area contributed by atoms with Crippen molar-refractivity contribution in [1.29, 1.82) is 0 Å². The summed E-state index contributed by atoms with van der Waals surface area (Å²) in [4.78, 5) is 10.7. The first-order valence-electron chi connectivity index (χ1n) is 7.99. The lowest BCUT2D eigenvalue weighted by atomic mass is 10.1. The predicted molar refractivity (Wildman–Crippen MR) is 82.2 cm³/mol. The lowest BCUT2D eigenvalue weighted by molar-refractivity contribution is -0.145. The van der Waals surface area contributed by atoms with E-state index in [0.29, 0.717) is 0 Å². The molecule has 0 fully saturated rings. The highest BCUT2D eigenvalue weighted by Gasteiger charge is 2.03. The average Bonchev–Trinajstić information content (AvgIpc) is 2.35. The summed E-state index contributed by atoms with van der Waals surface area (Å²) in [5.74, 6) is -0.175. The van der Waals surface area contributed by atoms with Crippen LogP contribution in [0.5, 0.6) is 0 Å². The molecule has 0 aromatic carbocycles. The van der Waals surface area contributed by atoms with E-state index in [2.05, 4.69) is 19.1 Å². The molecule has 0 rings (SSSR count). The summed E-state index contributed by atoms with van der Waals surface area (Å²) in [7, 11) is 0. The Bertz CT molecular complexity index is 233. The van der Waals surface area contributed by atoms with Gasteiger partial charge >= 0.3 is 5.97 Å². The minimum absolute atomic E-state index is 0.0597. The Labute approximate surface area is 119 Å². The monoisotopic (exact) mass is 268 g/mol. The molecule has 0 aliphatic rings. The van der Waals surface area contributed by atoms with Gasteiger partial charge in [-0.05, 0) is 39.0 Å². The van der Waals surface area contributed by atoms with Gasteiger partial charge in [0.15, 0.2) is 0 Å². The maximum atomic E-state index is 10.7. The molecule has 2 nitrogen and oxygen atoms in total. The van der Waals surface area contributed by atoms with Crippen LogP contribution in [0.15, 0.2) is 12.2 Å². The Morgan fingerprint density at radius 1 is 1.00 bits per heavy atom. The molecule has 0 aliphatic carbocycles. The SMILES string of the molecule is CCCCCCCC/C=C\CCC[C@@H](C)OC(C)=O. The van der Waals surface area contributed by atoms with Crippen LogP contribution in [-0.4, -0.2) is 12.1 Å². The van der Waals surface area contributed by atoms with E-state index < -0.39 is 0 Å². The molecule has 0 aromatic heterocycles. The van der Waals surface area contributed by atoms with Gasteiger partial charge in [0.05, 0.1) is 6.10 Å². The van der Waals surface area contributed by atoms with Crippen LogP contribution < -0.4 is 0 Å². The molecule has 0 amide bonds. The van der Waals surface area contributed by atoms with Crippen molar-refractivity contribution in [3.05, 3.63) is 12.2 Å². The summed E-state index contributed by atoms with van der Waals surface area (Å²) < 4.78 is 5.08. The predicted octanol–water partition coefficient (Wildman–Crippen LogP) is 5.42. The van der Waals surface area contributed by atoms with Crippen LogP contribution >= 0.6 is 0 Å². The third-order valence-corrected chi connectivity index (χ3v) is 3.24. The second-order valence-corrected chi connectivity index (χ2v) is 5.38. The van der Waals surface area contributed by atoms with Crippen molar-refractivity contribution in [1.82, 2.24) is 0 Å². The molecule has 0 spiro atoms. The first kappa shape index (κ1) is 18.2. The van der Waals surface area contributed by atoms with Gasteiger partial charge in [-0.15, -0.1) is 0 Å². The molecule has 0 heterocycles. The average molecular weight is 268 g/mol. The molecule has 0 bridgehead atoms. The third-order valence-electron chi connectivity index (χ3n) is 3.24. The number of rotatable bonds is 12. The molecule has 112 valence electrons. The maximum absolute atomic E-state index is 10.7. The lowest BCUT2D eigenvalue weighted by Gasteiger charge is -2.10.